The van der Waals surface area contributed by atoms with Gasteiger partial charge in [-0.15, -0.1) is 0 Å². The fourth-order valence-electron chi connectivity index (χ4n) is 16.1. The summed E-state index contributed by atoms with van der Waals surface area (Å²) in [5.74, 6) is -1.29. The molecule has 1 atom stereocenters. The van der Waals surface area contributed by atoms with Crippen LogP contribution in [0.25, 0.3) is 72.0 Å². The Hall–Kier alpha value is -10.7. The molecule has 14 aromatic rings. The van der Waals surface area contributed by atoms with E-state index in [4.69, 9.17) is 4.11 Å². The maximum atomic E-state index is 10.3. The first-order chi connectivity index (χ1) is 57.6. The Bertz CT molecular complexity index is 6640. The van der Waals surface area contributed by atoms with Crippen LogP contribution >= 0.6 is 0 Å². The van der Waals surface area contributed by atoms with Gasteiger partial charge < -0.3 is 14.4 Å². The Morgan fingerprint density at radius 3 is 1.14 bits per heavy atom. The third-order valence-electron chi connectivity index (χ3n) is 21.7. The van der Waals surface area contributed by atoms with E-state index in [0.717, 1.165) is 66.8 Å². The molecule has 17 rings (SSSR count). The fourth-order valence-corrected chi connectivity index (χ4v) is 16.1. The molecule has 13 aromatic carbocycles. The minimum absolute atomic E-state index is 0.0591. The quantitative estimate of drug-likeness (QED) is 0.150. The van der Waals surface area contributed by atoms with Gasteiger partial charge in [0.2, 0.25) is 0 Å². The number of rotatable bonds is 8. The first-order valence-corrected chi connectivity index (χ1v) is 36.1. The van der Waals surface area contributed by atoms with Crippen LogP contribution in [0.15, 0.2) is 279 Å². The van der Waals surface area contributed by atoms with E-state index in [2.05, 4.69) is 149 Å². The van der Waals surface area contributed by atoms with Crippen molar-refractivity contribution in [3.63, 3.8) is 0 Å². The molecule has 0 amide bonds. The van der Waals surface area contributed by atoms with Crippen LogP contribution in [0.4, 0.5) is 34.1 Å². The second-order valence-electron chi connectivity index (χ2n) is 33.5. The molecule has 0 saturated heterocycles. The van der Waals surface area contributed by atoms with Crippen molar-refractivity contribution in [2.45, 2.75) is 149 Å². The minimum atomic E-state index is -0.898. The molecule has 104 heavy (non-hydrogen) atoms. The van der Waals surface area contributed by atoms with E-state index in [1.54, 1.807) is 12.1 Å². The third-order valence-corrected chi connectivity index (χ3v) is 21.7. The average Bonchev–Trinajstić information content (AvgIpc) is 0.766. The predicted molar refractivity (Wildman–Crippen MR) is 443 cm³/mol. The van der Waals surface area contributed by atoms with E-state index in [-0.39, 0.29) is 78.8 Å². The topological polar surface area (TPSA) is 11.4 Å². The summed E-state index contributed by atoms with van der Waals surface area (Å²) in [4.78, 5) is 3.98. The number of nitrogens with zero attached hydrogens (tertiary/aromatic N) is 3. The van der Waals surface area contributed by atoms with E-state index >= 15 is 0 Å². The molecule has 3 heteroatoms. The normalized spacial score (nSPS) is 17.0. The molecule has 1 aromatic heterocycles. The summed E-state index contributed by atoms with van der Waals surface area (Å²) < 4.78 is 188. The third kappa shape index (κ3) is 11.2. The lowest BCUT2D eigenvalue weighted by atomic mass is 9.70. The smallest absolute Gasteiger partial charge is 0.0629 e. The van der Waals surface area contributed by atoms with Crippen LogP contribution in [0.3, 0.4) is 0 Å². The summed E-state index contributed by atoms with van der Waals surface area (Å²) in [7, 11) is 0. The molecule has 2 aliphatic heterocycles. The van der Waals surface area contributed by atoms with Crippen molar-refractivity contribution in [3.8, 4) is 50.2 Å². The number of hydrogen-bond donors (Lipinski definition) is 0. The molecule has 514 valence electrons. The summed E-state index contributed by atoms with van der Waals surface area (Å²) in [6.07, 6.45) is 0.664. The van der Waals surface area contributed by atoms with Crippen LogP contribution in [0.1, 0.15) is 214 Å². The van der Waals surface area contributed by atoms with Crippen LogP contribution in [0, 0.1) is 0 Å². The maximum Gasteiger partial charge on any atom is 0.0629 e. The number of hydrogen-bond acceptors (Lipinski definition) is 2. The molecule has 0 saturated carbocycles. The number of benzene rings is 13. The van der Waals surface area contributed by atoms with Crippen LogP contribution in [-0.4, -0.2) is 4.57 Å². The van der Waals surface area contributed by atoms with Gasteiger partial charge >= 0.3 is 0 Å². The van der Waals surface area contributed by atoms with Crippen molar-refractivity contribution < 1.29 is 26.0 Å². The minimum Gasteiger partial charge on any atom is -0.309 e. The molecule has 0 fully saturated rings. The summed E-state index contributed by atoms with van der Waals surface area (Å²) in [6.45, 7) is 31.0. The van der Waals surface area contributed by atoms with Gasteiger partial charge in [-0.05, 0) is 201 Å². The molecule has 1 unspecified atom stereocenters. The van der Waals surface area contributed by atoms with Crippen molar-refractivity contribution in [2.24, 2.45) is 0 Å². The Labute approximate surface area is 643 Å². The summed E-state index contributed by atoms with van der Waals surface area (Å²) in [6, 6.07) is 44.4. The van der Waals surface area contributed by atoms with Crippen molar-refractivity contribution in [1.29, 1.82) is 0 Å². The number of aromatic nitrogens is 1. The summed E-state index contributed by atoms with van der Waals surface area (Å²) in [5, 5.41) is 2.00. The van der Waals surface area contributed by atoms with Crippen molar-refractivity contribution >= 4 is 55.9 Å². The molecule has 0 spiro atoms. The van der Waals surface area contributed by atoms with Crippen molar-refractivity contribution in [1.82, 2.24) is 4.57 Å². The monoisotopic (exact) mass is 1370 g/mol. The van der Waals surface area contributed by atoms with Gasteiger partial charge in [0, 0.05) is 56.1 Å². The van der Waals surface area contributed by atoms with Gasteiger partial charge in [0.15, 0.2) is 0 Å². The lowest BCUT2D eigenvalue weighted by Crippen LogP contribution is -2.31. The standard InChI is InChI=1S/C101H95N3/c1-97(2,3)70-45-50-86-83(54-70)84-55-71(98(4,5)6)46-51-87(84)102(86)75-47-48-78-89(62-75)104(96-81(65-36-24-18-25-37-65)58-73(100(10,11)12)59-82(96)66-38-26-19-27-39-66)91-61-74(101(13,14)15)60-90-94(91)93(78)85-53-69(92-76-42-30-28-40-67(76)52-68-41-29-31-43-77(68)92)44-49-88(85)103(90)95-79(63-32-20-16-21-33-63)56-72(99(7,8)9)57-80(95)64-34-22-17-23-35-64/h16-51,53-62,92-93H,52H2,1-15H3/i16D,17D,18D,20D,21D,22D,23D,24D,25D,26D,27D,32D,33D,34D,35D,36D,37D,38D,39D. The first-order valence-electron chi connectivity index (χ1n) is 45.6. The van der Waals surface area contributed by atoms with E-state index in [0.29, 0.717) is 68.2 Å². The number of fused-ring (bicyclic) bond motifs is 9. The van der Waals surface area contributed by atoms with Crippen LogP contribution in [0.2, 0.25) is 0 Å². The van der Waals surface area contributed by atoms with Gasteiger partial charge in [0.05, 0.1) is 71.2 Å². The maximum absolute atomic E-state index is 10.3. The Kier molecular flexibility index (Phi) is 11.3. The second kappa shape index (κ2) is 24.5. The molecule has 0 radical (unpaired) electrons. The van der Waals surface area contributed by atoms with Crippen molar-refractivity contribution in [3.05, 3.63) is 351 Å². The Balaban J connectivity index is 1.14. The zero-order chi connectivity index (χ0) is 88.6. The lowest BCUT2D eigenvalue weighted by Gasteiger charge is -2.47. The highest BCUT2D eigenvalue weighted by Gasteiger charge is 2.46. The van der Waals surface area contributed by atoms with Gasteiger partial charge in [0.1, 0.15) is 0 Å². The summed E-state index contributed by atoms with van der Waals surface area (Å²) >= 11 is 0. The van der Waals surface area contributed by atoms with Crippen LogP contribution in [0.5, 0.6) is 0 Å². The van der Waals surface area contributed by atoms with Gasteiger partial charge in [-0.1, -0.05) is 304 Å². The van der Waals surface area contributed by atoms with Crippen LogP contribution < -0.4 is 9.80 Å². The Morgan fingerprint density at radius 1 is 0.308 bits per heavy atom. The fraction of sp³-hybridized carbons (Fsp3) is 0.228. The molecular formula is C101H95N3. The molecular weight excluding hydrogens is 1260 g/mol. The van der Waals surface area contributed by atoms with Gasteiger partial charge in [-0.25, -0.2) is 0 Å². The number of anilines is 6. The first kappa shape index (κ1) is 48.3. The zero-order valence-corrected chi connectivity index (χ0v) is 61.8. The highest BCUT2D eigenvalue weighted by atomic mass is 15.2. The average molecular weight is 1370 g/mol. The van der Waals surface area contributed by atoms with Crippen LogP contribution in [-0.2, 0) is 33.5 Å². The predicted octanol–water partition coefficient (Wildman–Crippen LogP) is 27.8. The zero-order valence-electron chi connectivity index (χ0n) is 80.8. The van der Waals surface area contributed by atoms with E-state index in [1.165, 1.54) is 0 Å². The van der Waals surface area contributed by atoms with Gasteiger partial charge in [-0.2, -0.15) is 0 Å². The van der Waals surface area contributed by atoms with E-state index in [1.807, 2.05) is 115 Å². The highest BCUT2D eigenvalue weighted by Crippen LogP contribution is 2.65. The summed E-state index contributed by atoms with van der Waals surface area (Å²) in [5.41, 5.74) is 11.9. The van der Waals surface area contributed by atoms with E-state index < -0.39 is 131 Å². The highest BCUT2D eigenvalue weighted by molar-refractivity contribution is 6.11. The largest absolute Gasteiger partial charge is 0.309 e. The lowest BCUT2D eigenvalue weighted by molar-refractivity contribution is 0.589. The molecule has 3 aliphatic rings. The van der Waals surface area contributed by atoms with Gasteiger partial charge in [-0.3, -0.25) is 0 Å². The molecule has 1 aliphatic carbocycles. The molecule has 0 N–H and O–H groups in total. The van der Waals surface area contributed by atoms with Gasteiger partial charge in [0.25, 0.3) is 0 Å². The Morgan fingerprint density at radius 2 is 0.712 bits per heavy atom. The second-order valence-corrected chi connectivity index (χ2v) is 33.5. The molecule has 3 nitrogen and oxygen atoms in total. The van der Waals surface area contributed by atoms with Crippen molar-refractivity contribution in [2.75, 3.05) is 9.80 Å². The molecule has 0 bridgehead atoms. The van der Waals surface area contributed by atoms with E-state index in [9.17, 15) is 21.9 Å². The SMILES string of the molecule is [2H]c1cc([2H])c([2H])c(-c2cc(C(C)(C)C)cc(-c3c([2H])c([2H])c([2H])c([2H])c3[2H])c2N2c3cc(-n4c5ccc(C(C)(C)C)cc5c5cc(C(C)(C)C)ccc54)ccc3C3c4cc(C5c6ccccc6Cc6ccccc65)ccc4N(c4c(-c5c([2H])c([2H])c([2H])c([2H])c5[2H])cc(C(C)(C)C)cc4-c4c([2H])c([2H])c([2H])c([2H])c4[2H])c4cc(C(C)(C)C)cc2c43)c1[2H]. The molecule has 3 heterocycles.